The summed E-state index contributed by atoms with van der Waals surface area (Å²) in [5.41, 5.74) is 1.73. The number of H-pyrrole nitrogens is 1. The zero-order valence-corrected chi connectivity index (χ0v) is 15.7. The SMILES string of the molecule is CC1(C)CNC(=O)c2nc(CC3CCCCN3C3CCCC3)[nH]c2C1. The number of hydrogen-bond donors (Lipinski definition) is 2. The minimum absolute atomic E-state index is 0.0145. The lowest BCUT2D eigenvalue weighted by atomic mass is 9.88. The zero-order valence-electron chi connectivity index (χ0n) is 15.7. The molecule has 5 nitrogen and oxygen atoms in total. The first kappa shape index (κ1) is 17.1. The van der Waals surface area contributed by atoms with Crippen LogP contribution in [0.4, 0.5) is 0 Å². The maximum atomic E-state index is 12.4. The van der Waals surface area contributed by atoms with Gasteiger partial charge in [-0.05, 0) is 44.1 Å². The van der Waals surface area contributed by atoms with Crippen LogP contribution in [-0.2, 0) is 12.8 Å². The molecule has 2 N–H and O–H groups in total. The lowest BCUT2D eigenvalue weighted by Gasteiger charge is -2.39. The van der Waals surface area contributed by atoms with Crippen molar-refractivity contribution in [1.82, 2.24) is 20.2 Å². The fourth-order valence-electron chi connectivity index (χ4n) is 5.00. The van der Waals surface area contributed by atoms with Gasteiger partial charge in [-0.3, -0.25) is 9.69 Å². The maximum Gasteiger partial charge on any atom is 0.271 e. The van der Waals surface area contributed by atoms with Crippen molar-refractivity contribution in [3.8, 4) is 0 Å². The van der Waals surface area contributed by atoms with E-state index in [9.17, 15) is 4.79 Å². The molecule has 5 heteroatoms. The van der Waals surface area contributed by atoms with Crippen LogP contribution >= 0.6 is 0 Å². The molecule has 25 heavy (non-hydrogen) atoms. The van der Waals surface area contributed by atoms with Crippen LogP contribution in [0.25, 0.3) is 0 Å². The standard InChI is InChI=1S/C20H32N4O/c1-20(2)12-16-18(19(25)21-13-20)23-17(22-16)11-15-9-5-6-10-24(15)14-7-3-4-8-14/h14-15H,3-13H2,1-2H3,(H,21,25)(H,22,23). The van der Waals surface area contributed by atoms with E-state index >= 15 is 0 Å². The van der Waals surface area contributed by atoms with Crippen LogP contribution in [-0.4, -0.2) is 45.9 Å². The van der Waals surface area contributed by atoms with E-state index in [1.807, 2.05) is 0 Å². The number of aromatic amines is 1. The molecule has 0 radical (unpaired) electrons. The lowest BCUT2D eigenvalue weighted by Crippen LogP contribution is -2.46. The second-order valence-electron chi connectivity index (χ2n) is 9.06. The summed E-state index contributed by atoms with van der Waals surface area (Å²) in [6, 6.07) is 1.36. The molecule has 0 aromatic carbocycles. The summed E-state index contributed by atoms with van der Waals surface area (Å²) < 4.78 is 0. The van der Waals surface area contributed by atoms with Gasteiger partial charge in [0.2, 0.25) is 0 Å². The molecular formula is C20H32N4O. The molecule has 1 saturated heterocycles. The predicted molar refractivity (Wildman–Crippen MR) is 98.7 cm³/mol. The van der Waals surface area contributed by atoms with E-state index in [-0.39, 0.29) is 11.3 Å². The molecule has 3 aliphatic rings. The number of fused-ring (bicyclic) bond motifs is 1. The van der Waals surface area contributed by atoms with Crippen molar-refractivity contribution in [2.45, 2.75) is 83.7 Å². The second-order valence-corrected chi connectivity index (χ2v) is 9.06. The Morgan fingerprint density at radius 3 is 2.72 bits per heavy atom. The molecule has 1 atom stereocenters. The van der Waals surface area contributed by atoms with Crippen molar-refractivity contribution in [2.24, 2.45) is 5.41 Å². The summed E-state index contributed by atoms with van der Waals surface area (Å²) in [5, 5.41) is 3.03. The third-order valence-electron chi connectivity index (χ3n) is 6.32. The number of imidazole rings is 1. The second kappa shape index (κ2) is 6.75. The van der Waals surface area contributed by atoms with E-state index < -0.39 is 0 Å². The van der Waals surface area contributed by atoms with Crippen LogP contribution in [0, 0.1) is 5.41 Å². The molecule has 2 aliphatic heterocycles. The maximum absolute atomic E-state index is 12.4. The number of likely N-dealkylation sites (tertiary alicyclic amines) is 1. The van der Waals surface area contributed by atoms with E-state index in [2.05, 4.69) is 29.0 Å². The Kier molecular flexibility index (Phi) is 4.61. The van der Waals surface area contributed by atoms with Crippen LogP contribution in [0.15, 0.2) is 0 Å². The Morgan fingerprint density at radius 2 is 1.92 bits per heavy atom. The summed E-state index contributed by atoms with van der Waals surface area (Å²) in [6.07, 6.45) is 11.3. The highest BCUT2D eigenvalue weighted by atomic mass is 16.1. The fraction of sp³-hybridized carbons (Fsp3) is 0.800. The molecule has 0 bridgehead atoms. The van der Waals surface area contributed by atoms with Gasteiger partial charge in [0.25, 0.3) is 5.91 Å². The molecule has 1 aromatic rings. The number of hydrogen-bond acceptors (Lipinski definition) is 3. The van der Waals surface area contributed by atoms with Gasteiger partial charge in [0, 0.05) is 30.7 Å². The Morgan fingerprint density at radius 1 is 1.16 bits per heavy atom. The molecule has 1 aliphatic carbocycles. The summed E-state index contributed by atoms with van der Waals surface area (Å²) in [6.45, 7) is 6.35. The molecule has 1 amide bonds. The Labute approximate surface area is 151 Å². The number of aromatic nitrogens is 2. The number of piperidine rings is 1. The van der Waals surface area contributed by atoms with Gasteiger partial charge in [0.1, 0.15) is 11.5 Å². The quantitative estimate of drug-likeness (QED) is 0.886. The Hall–Kier alpha value is -1.36. The predicted octanol–water partition coefficient (Wildman–Crippen LogP) is 3.06. The minimum Gasteiger partial charge on any atom is -0.350 e. The van der Waals surface area contributed by atoms with Gasteiger partial charge in [-0.2, -0.15) is 0 Å². The van der Waals surface area contributed by atoms with Gasteiger partial charge in [-0.15, -0.1) is 0 Å². The van der Waals surface area contributed by atoms with Crippen LogP contribution < -0.4 is 5.32 Å². The van der Waals surface area contributed by atoms with Crippen molar-refractivity contribution in [2.75, 3.05) is 13.1 Å². The monoisotopic (exact) mass is 344 g/mol. The third kappa shape index (κ3) is 3.62. The van der Waals surface area contributed by atoms with Gasteiger partial charge in [-0.25, -0.2) is 4.98 Å². The topological polar surface area (TPSA) is 61.0 Å². The number of carbonyl (C=O) groups excluding carboxylic acids is 1. The van der Waals surface area contributed by atoms with E-state index in [1.54, 1.807) is 0 Å². The first-order chi connectivity index (χ1) is 12.0. The number of nitrogens with zero attached hydrogens (tertiary/aromatic N) is 2. The number of rotatable bonds is 3. The third-order valence-corrected chi connectivity index (χ3v) is 6.32. The highest BCUT2D eigenvalue weighted by molar-refractivity contribution is 5.93. The summed E-state index contributed by atoms with van der Waals surface area (Å²) in [5.74, 6) is 0.993. The molecule has 3 heterocycles. The van der Waals surface area contributed by atoms with Gasteiger partial charge in [-0.1, -0.05) is 33.1 Å². The molecular weight excluding hydrogens is 312 g/mol. The molecule has 0 spiro atoms. The Balaban J connectivity index is 1.52. The average Bonchev–Trinajstić information content (AvgIpc) is 3.21. The van der Waals surface area contributed by atoms with Gasteiger partial charge in [0.15, 0.2) is 0 Å². The Bertz CT molecular complexity index is 630. The van der Waals surface area contributed by atoms with Crippen molar-refractivity contribution in [3.63, 3.8) is 0 Å². The van der Waals surface area contributed by atoms with Crippen LogP contribution in [0.5, 0.6) is 0 Å². The molecule has 1 saturated carbocycles. The first-order valence-corrected chi connectivity index (χ1v) is 10.1. The lowest BCUT2D eigenvalue weighted by molar-refractivity contribution is 0.0933. The normalized spacial score (nSPS) is 27.8. The van der Waals surface area contributed by atoms with Gasteiger partial charge < -0.3 is 10.3 Å². The van der Waals surface area contributed by atoms with Gasteiger partial charge in [0.05, 0.1) is 0 Å². The minimum atomic E-state index is -0.0145. The highest BCUT2D eigenvalue weighted by Crippen LogP contribution is 2.31. The number of carbonyl (C=O) groups is 1. The van der Waals surface area contributed by atoms with Crippen LogP contribution in [0.3, 0.4) is 0 Å². The molecule has 1 aromatic heterocycles. The summed E-state index contributed by atoms with van der Waals surface area (Å²) in [7, 11) is 0. The largest absolute Gasteiger partial charge is 0.350 e. The zero-order chi connectivity index (χ0) is 17.4. The van der Waals surface area contributed by atoms with Crippen molar-refractivity contribution < 1.29 is 4.79 Å². The first-order valence-electron chi connectivity index (χ1n) is 10.1. The molecule has 4 rings (SSSR count). The summed E-state index contributed by atoms with van der Waals surface area (Å²) in [4.78, 5) is 23.4. The van der Waals surface area contributed by atoms with Crippen molar-refractivity contribution in [1.29, 1.82) is 0 Å². The molecule has 138 valence electrons. The highest BCUT2D eigenvalue weighted by Gasteiger charge is 2.33. The van der Waals surface area contributed by atoms with E-state index in [0.717, 1.165) is 30.4 Å². The smallest absolute Gasteiger partial charge is 0.271 e. The van der Waals surface area contributed by atoms with Crippen LogP contribution in [0.2, 0.25) is 0 Å². The summed E-state index contributed by atoms with van der Waals surface area (Å²) >= 11 is 0. The van der Waals surface area contributed by atoms with Gasteiger partial charge >= 0.3 is 0 Å². The molecule has 2 fully saturated rings. The number of amides is 1. The molecule has 1 unspecified atom stereocenters. The average molecular weight is 345 g/mol. The van der Waals surface area contributed by atoms with E-state index in [4.69, 9.17) is 4.98 Å². The van der Waals surface area contributed by atoms with Crippen molar-refractivity contribution >= 4 is 5.91 Å². The van der Waals surface area contributed by atoms with E-state index in [1.165, 1.54) is 51.5 Å². The van der Waals surface area contributed by atoms with E-state index in [0.29, 0.717) is 18.3 Å². The number of nitrogens with one attached hydrogen (secondary N) is 2. The van der Waals surface area contributed by atoms with Crippen molar-refractivity contribution in [3.05, 3.63) is 17.2 Å². The fourth-order valence-corrected chi connectivity index (χ4v) is 5.00. The van der Waals surface area contributed by atoms with Crippen LogP contribution in [0.1, 0.15) is 80.8 Å².